The van der Waals surface area contributed by atoms with Crippen molar-refractivity contribution in [2.75, 3.05) is 0 Å². The van der Waals surface area contributed by atoms with Gasteiger partial charge in [-0.25, -0.2) is 4.98 Å². The van der Waals surface area contributed by atoms with Crippen LogP contribution in [0.4, 0.5) is 0 Å². The summed E-state index contributed by atoms with van der Waals surface area (Å²) in [6.45, 7) is 2.05. The molecule has 2 aromatic rings. The second kappa shape index (κ2) is 3.87. The van der Waals surface area contributed by atoms with E-state index in [9.17, 15) is 4.79 Å². The molecule has 1 aliphatic rings. The molecule has 0 atom stereocenters. The van der Waals surface area contributed by atoms with Crippen LogP contribution in [-0.2, 0) is 6.42 Å². The smallest absolute Gasteiger partial charge is 0.251 e. The van der Waals surface area contributed by atoms with Crippen molar-refractivity contribution in [3.8, 4) is 0 Å². The minimum atomic E-state index is 0.0158. The minimum absolute atomic E-state index is 0.0158. The van der Waals surface area contributed by atoms with Crippen LogP contribution in [0.2, 0.25) is 0 Å². The number of carbonyl (C=O) groups excluding carboxylic acids is 1. The zero-order valence-electron chi connectivity index (χ0n) is 9.79. The van der Waals surface area contributed by atoms with E-state index in [0.717, 1.165) is 36.1 Å². The molecule has 4 heteroatoms. The number of imidazole rings is 1. The Kier molecular flexibility index (Phi) is 2.35. The lowest BCUT2D eigenvalue weighted by Crippen LogP contribution is -2.25. The van der Waals surface area contributed by atoms with Crippen LogP contribution in [0.5, 0.6) is 0 Å². The first-order chi connectivity index (χ1) is 8.26. The van der Waals surface area contributed by atoms with Gasteiger partial charge in [0.2, 0.25) is 0 Å². The van der Waals surface area contributed by atoms with Gasteiger partial charge in [0.25, 0.3) is 5.91 Å². The topological polar surface area (TPSA) is 57.8 Å². The number of fused-ring (bicyclic) bond motifs is 1. The molecule has 1 amide bonds. The van der Waals surface area contributed by atoms with Gasteiger partial charge < -0.3 is 10.3 Å². The van der Waals surface area contributed by atoms with Gasteiger partial charge in [-0.05, 0) is 31.0 Å². The first kappa shape index (κ1) is 10.3. The molecule has 1 aliphatic carbocycles. The van der Waals surface area contributed by atoms with Crippen molar-refractivity contribution in [3.63, 3.8) is 0 Å². The molecule has 0 bridgehead atoms. The summed E-state index contributed by atoms with van der Waals surface area (Å²) in [4.78, 5) is 19.5. The van der Waals surface area contributed by atoms with Crippen molar-refractivity contribution >= 4 is 16.9 Å². The van der Waals surface area contributed by atoms with Gasteiger partial charge in [-0.2, -0.15) is 0 Å². The lowest BCUT2D eigenvalue weighted by Gasteiger charge is -2.02. The fraction of sp³-hybridized carbons (Fsp3) is 0.385. The third-order valence-electron chi connectivity index (χ3n) is 3.04. The Morgan fingerprint density at radius 1 is 1.53 bits per heavy atom. The second-order valence-corrected chi connectivity index (χ2v) is 4.52. The van der Waals surface area contributed by atoms with Crippen LogP contribution in [0.15, 0.2) is 18.2 Å². The monoisotopic (exact) mass is 229 g/mol. The number of H-pyrrole nitrogens is 1. The molecule has 1 aromatic heterocycles. The SMILES string of the molecule is CCc1nc2ccc(C(=O)NC3CC3)cc2[nH]1. The summed E-state index contributed by atoms with van der Waals surface area (Å²) >= 11 is 0. The highest BCUT2D eigenvalue weighted by Gasteiger charge is 2.23. The van der Waals surface area contributed by atoms with Crippen LogP contribution in [0.3, 0.4) is 0 Å². The summed E-state index contributed by atoms with van der Waals surface area (Å²) in [5, 5.41) is 2.98. The quantitative estimate of drug-likeness (QED) is 0.846. The highest BCUT2D eigenvalue weighted by molar-refractivity contribution is 5.97. The minimum Gasteiger partial charge on any atom is -0.349 e. The van der Waals surface area contributed by atoms with Crippen LogP contribution in [-0.4, -0.2) is 21.9 Å². The number of nitrogens with zero attached hydrogens (tertiary/aromatic N) is 1. The number of amides is 1. The maximum Gasteiger partial charge on any atom is 0.251 e. The van der Waals surface area contributed by atoms with E-state index in [-0.39, 0.29) is 5.91 Å². The van der Waals surface area contributed by atoms with Gasteiger partial charge in [0.15, 0.2) is 0 Å². The number of nitrogens with one attached hydrogen (secondary N) is 2. The third kappa shape index (κ3) is 2.02. The van der Waals surface area contributed by atoms with Crippen molar-refractivity contribution in [2.45, 2.75) is 32.2 Å². The maximum absolute atomic E-state index is 11.9. The van der Waals surface area contributed by atoms with E-state index >= 15 is 0 Å². The molecule has 0 unspecified atom stereocenters. The molecule has 1 heterocycles. The Morgan fingerprint density at radius 3 is 3.06 bits per heavy atom. The van der Waals surface area contributed by atoms with Crippen molar-refractivity contribution in [1.82, 2.24) is 15.3 Å². The zero-order valence-corrected chi connectivity index (χ0v) is 9.79. The highest BCUT2D eigenvalue weighted by atomic mass is 16.1. The fourth-order valence-electron chi connectivity index (χ4n) is 1.87. The van der Waals surface area contributed by atoms with E-state index in [4.69, 9.17) is 0 Å². The Balaban J connectivity index is 1.91. The van der Waals surface area contributed by atoms with Crippen LogP contribution in [0.25, 0.3) is 11.0 Å². The first-order valence-electron chi connectivity index (χ1n) is 6.06. The van der Waals surface area contributed by atoms with Crippen LogP contribution < -0.4 is 5.32 Å². The van der Waals surface area contributed by atoms with Crippen LogP contribution >= 0.6 is 0 Å². The van der Waals surface area contributed by atoms with Gasteiger partial charge in [0.05, 0.1) is 11.0 Å². The molecule has 1 saturated carbocycles. The van der Waals surface area contributed by atoms with Crippen LogP contribution in [0.1, 0.15) is 35.9 Å². The molecular weight excluding hydrogens is 214 g/mol. The summed E-state index contributed by atoms with van der Waals surface area (Å²) in [6, 6.07) is 6.00. The van der Waals surface area contributed by atoms with Crippen molar-refractivity contribution in [3.05, 3.63) is 29.6 Å². The molecule has 1 fully saturated rings. The van der Waals surface area contributed by atoms with E-state index < -0.39 is 0 Å². The van der Waals surface area contributed by atoms with E-state index in [1.165, 1.54) is 0 Å². The predicted octanol–water partition coefficient (Wildman–Crippen LogP) is 2.02. The van der Waals surface area contributed by atoms with Gasteiger partial charge in [-0.3, -0.25) is 4.79 Å². The molecule has 0 spiro atoms. The fourth-order valence-corrected chi connectivity index (χ4v) is 1.87. The average Bonchev–Trinajstić information content (AvgIpc) is 3.05. The summed E-state index contributed by atoms with van der Waals surface area (Å²) in [5.74, 6) is 0.974. The van der Waals surface area contributed by atoms with E-state index in [1.54, 1.807) is 0 Å². The Hall–Kier alpha value is -1.84. The van der Waals surface area contributed by atoms with Gasteiger partial charge in [0, 0.05) is 18.0 Å². The zero-order chi connectivity index (χ0) is 11.8. The van der Waals surface area contributed by atoms with Gasteiger partial charge in [-0.1, -0.05) is 6.92 Å². The second-order valence-electron chi connectivity index (χ2n) is 4.52. The first-order valence-corrected chi connectivity index (χ1v) is 6.06. The highest BCUT2D eigenvalue weighted by Crippen LogP contribution is 2.20. The standard InChI is InChI=1S/C13H15N3O/c1-2-12-15-10-6-3-8(7-11(10)16-12)13(17)14-9-4-5-9/h3,6-7,9H,2,4-5H2,1H3,(H,14,17)(H,15,16). The molecule has 0 radical (unpaired) electrons. The molecule has 4 nitrogen and oxygen atoms in total. The predicted molar refractivity (Wildman–Crippen MR) is 66.0 cm³/mol. The van der Waals surface area contributed by atoms with Crippen molar-refractivity contribution < 1.29 is 4.79 Å². The van der Waals surface area contributed by atoms with E-state index in [2.05, 4.69) is 22.2 Å². The van der Waals surface area contributed by atoms with Gasteiger partial charge in [0.1, 0.15) is 5.82 Å². The molecular formula is C13H15N3O. The molecule has 0 saturated heterocycles. The number of hydrogen-bond acceptors (Lipinski definition) is 2. The molecule has 1 aromatic carbocycles. The van der Waals surface area contributed by atoms with E-state index in [0.29, 0.717) is 11.6 Å². The summed E-state index contributed by atoms with van der Waals surface area (Å²) in [6.07, 6.45) is 3.09. The number of aryl methyl sites for hydroxylation is 1. The van der Waals surface area contributed by atoms with E-state index in [1.807, 2.05) is 18.2 Å². The number of hydrogen-bond donors (Lipinski definition) is 2. The van der Waals surface area contributed by atoms with Crippen molar-refractivity contribution in [2.24, 2.45) is 0 Å². The normalized spacial score (nSPS) is 15.1. The summed E-state index contributed by atoms with van der Waals surface area (Å²) < 4.78 is 0. The molecule has 2 N–H and O–H groups in total. The van der Waals surface area contributed by atoms with Gasteiger partial charge >= 0.3 is 0 Å². The average molecular weight is 229 g/mol. The lowest BCUT2D eigenvalue weighted by atomic mass is 10.2. The molecule has 0 aliphatic heterocycles. The summed E-state index contributed by atoms with van der Waals surface area (Å²) in [7, 11) is 0. The number of aromatic nitrogens is 2. The van der Waals surface area contributed by atoms with Gasteiger partial charge in [-0.15, -0.1) is 0 Å². The Labute approximate surface area is 99.4 Å². The summed E-state index contributed by atoms with van der Waals surface area (Å²) in [5.41, 5.74) is 2.56. The molecule has 17 heavy (non-hydrogen) atoms. The van der Waals surface area contributed by atoms with Crippen LogP contribution in [0, 0.1) is 0 Å². The third-order valence-corrected chi connectivity index (χ3v) is 3.04. The lowest BCUT2D eigenvalue weighted by molar-refractivity contribution is 0.0951. The number of benzene rings is 1. The number of carbonyl (C=O) groups is 1. The number of rotatable bonds is 3. The Morgan fingerprint density at radius 2 is 2.35 bits per heavy atom. The molecule has 3 rings (SSSR count). The maximum atomic E-state index is 11.9. The molecule has 88 valence electrons. The number of aromatic amines is 1. The van der Waals surface area contributed by atoms with Crippen molar-refractivity contribution in [1.29, 1.82) is 0 Å². The largest absolute Gasteiger partial charge is 0.349 e. The Bertz CT molecular complexity index is 569.